The first kappa shape index (κ1) is 20.0. The number of carbonyl (C=O) groups is 1. The zero-order valence-electron chi connectivity index (χ0n) is 17.1. The molecule has 162 valence electrons. The van der Waals surface area contributed by atoms with Crippen LogP contribution in [0.25, 0.3) is 21.6 Å². The topological polar surface area (TPSA) is 89.5 Å². The molecule has 0 saturated heterocycles. The van der Waals surface area contributed by atoms with Gasteiger partial charge in [0.2, 0.25) is 5.91 Å². The predicted molar refractivity (Wildman–Crippen MR) is 127 cm³/mol. The molecule has 0 saturated carbocycles. The fourth-order valence-corrected chi connectivity index (χ4v) is 6.73. The number of nitrogens with one attached hydrogen (secondary N) is 1. The van der Waals surface area contributed by atoms with E-state index in [9.17, 15) is 4.79 Å². The number of hydrogen-bond acceptors (Lipinski definition) is 7. The van der Waals surface area contributed by atoms with Crippen molar-refractivity contribution in [3.63, 3.8) is 0 Å². The summed E-state index contributed by atoms with van der Waals surface area (Å²) >= 11 is 9.14. The zero-order chi connectivity index (χ0) is 21.8. The minimum atomic E-state index is -0.133. The Morgan fingerprint density at radius 1 is 1.38 bits per heavy atom. The number of thioether (sulfide) groups is 1. The molecule has 1 aliphatic rings. The highest BCUT2D eigenvalue weighted by molar-refractivity contribution is 7.99. The lowest BCUT2D eigenvalue weighted by Gasteiger charge is -2.17. The normalized spacial score (nSPS) is 16.1. The minimum absolute atomic E-state index is 0.133. The van der Waals surface area contributed by atoms with Crippen molar-refractivity contribution < 1.29 is 4.79 Å². The number of nitrogens with zero attached hydrogens (tertiary/aromatic N) is 6. The molecule has 0 spiro atoms. The maximum absolute atomic E-state index is 12.5. The number of halogens is 1. The van der Waals surface area contributed by atoms with Crippen molar-refractivity contribution >= 4 is 67.9 Å². The van der Waals surface area contributed by atoms with Crippen LogP contribution in [-0.2, 0) is 17.6 Å². The largest absolute Gasteiger partial charge is 0.325 e. The zero-order valence-corrected chi connectivity index (χ0v) is 19.5. The van der Waals surface area contributed by atoms with E-state index >= 15 is 0 Å². The Balaban J connectivity index is 1.39. The van der Waals surface area contributed by atoms with E-state index in [0.717, 1.165) is 28.7 Å². The van der Waals surface area contributed by atoms with Crippen LogP contribution in [0.15, 0.2) is 35.7 Å². The summed E-state index contributed by atoms with van der Waals surface area (Å²) < 4.78 is 3.76. The van der Waals surface area contributed by atoms with Crippen LogP contribution in [0.2, 0.25) is 5.02 Å². The van der Waals surface area contributed by atoms with Gasteiger partial charge in [-0.25, -0.2) is 9.38 Å². The third-order valence-electron chi connectivity index (χ3n) is 5.71. The van der Waals surface area contributed by atoms with Gasteiger partial charge >= 0.3 is 0 Å². The summed E-state index contributed by atoms with van der Waals surface area (Å²) in [6.45, 7) is 2.30. The highest BCUT2D eigenvalue weighted by atomic mass is 35.5. The van der Waals surface area contributed by atoms with Crippen LogP contribution in [0.3, 0.4) is 0 Å². The molecule has 0 bridgehead atoms. The van der Waals surface area contributed by atoms with Gasteiger partial charge in [0, 0.05) is 15.6 Å². The number of hydrogen-bond donors (Lipinski definition) is 1. The lowest BCUT2D eigenvalue weighted by molar-refractivity contribution is -0.113. The number of carbonyl (C=O) groups excluding carboxylic acids is 1. The summed E-state index contributed by atoms with van der Waals surface area (Å²) in [6, 6.07) is 7.10. The van der Waals surface area contributed by atoms with Crippen molar-refractivity contribution in [3.8, 4) is 0 Å². The molecule has 8 nitrogen and oxygen atoms in total. The molecule has 5 aromatic rings. The van der Waals surface area contributed by atoms with Crippen molar-refractivity contribution in [1.29, 1.82) is 0 Å². The highest BCUT2D eigenvalue weighted by Crippen LogP contribution is 2.40. The summed E-state index contributed by atoms with van der Waals surface area (Å²) in [5.41, 5.74) is 2.86. The number of amides is 1. The number of rotatable bonds is 4. The fraction of sp³-hybridized carbons (Fsp3) is 0.286. The highest BCUT2D eigenvalue weighted by Gasteiger charge is 2.26. The summed E-state index contributed by atoms with van der Waals surface area (Å²) in [7, 11) is 0. The van der Waals surface area contributed by atoms with Gasteiger partial charge in [0.1, 0.15) is 11.2 Å². The van der Waals surface area contributed by atoms with Gasteiger partial charge in [-0.05, 0) is 48.9 Å². The second-order valence-corrected chi connectivity index (χ2v) is 10.5. The van der Waals surface area contributed by atoms with Crippen LogP contribution in [0, 0.1) is 5.92 Å². The second kappa shape index (κ2) is 7.72. The predicted octanol–water partition coefficient (Wildman–Crippen LogP) is 4.50. The van der Waals surface area contributed by atoms with Gasteiger partial charge in [-0.3, -0.25) is 4.79 Å². The average Bonchev–Trinajstić information content (AvgIpc) is 3.47. The van der Waals surface area contributed by atoms with Crippen molar-refractivity contribution in [1.82, 2.24) is 29.2 Å². The second-order valence-electron chi connectivity index (χ2n) is 7.99. The third-order valence-corrected chi connectivity index (χ3v) is 8.12. The first-order valence-corrected chi connectivity index (χ1v) is 12.5. The van der Waals surface area contributed by atoms with Crippen LogP contribution >= 0.6 is 34.7 Å². The Bertz CT molecular complexity index is 1500. The van der Waals surface area contributed by atoms with Gasteiger partial charge in [0.05, 0.1) is 11.1 Å². The van der Waals surface area contributed by atoms with E-state index in [1.807, 2.05) is 10.5 Å². The van der Waals surface area contributed by atoms with E-state index in [1.54, 1.807) is 40.4 Å². The number of aryl methyl sites for hydroxylation is 1. The van der Waals surface area contributed by atoms with Crippen LogP contribution in [-0.4, -0.2) is 40.9 Å². The monoisotopic (exact) mass is 483 g/mol. The van der Waals surface area contributed by atoms with Crippen molar-refractivity contribution in [2.24, 2.45) is 5.92 Å². The number of anilines is 1. The molecule has 11 heteroatoms. The molecule has 1 aromatic carbocycles. The van der Waals surface area contributed by atoms with Crippen molar-refractivity contribution in [2.75, 3.05) is 11.1 Å². The third kappa shape index (κ3) is 3.25. The lowest BCUT2D eigenvalue weighted by Crippen LogP contribution is -2.14. The van der Waals surface area contributed by atoms with E-state index < -0.39 is 0 Å². The minimum Gasteiger partial charge on any atom is -0.325 e. The molecule has 0 fully saturated rings. The number of benzene rings is 1. The Hall–Kier alpha value is -2.69. The van der Waals surface area contributed by atoms with Crippen LogP contribution in [0.4, 0.5) is 5.69 Å². The Morgan fingerprint density at radius 2 is 2.28 bits per heavy atom. The molecule has 4 aromatic heterocycles. The molecule has 1 N–H and O–H groups in total. The number of aromatic nitrogens is 6. The van der Waals surface area contributed by atoms with Gasteiger partial charge in [-0.15, -0.1) is 21.5 Å². The van der Waals surface area contributed by atoms with Crippen LogP contribution < -0.4 is 5.32 Å². The summed E-state index contributed by atoms with van der Waals surface area (Å²) in [4.78, 5) is 19.5. The molecule has 1 atom stereocenters. The van der Waals surface area contributed by atoms with E-state index in [1.165, 1.54) is 28.6 Å². The number of thiophene rings is 1. The van der Waals surface area contributed by atoms with Gasteiger partial charge in [-0.2, -0.15) is 9.61 Å². The van der Waals surface area contributed by atoms with E-state index in [4.69, 9.17) is 11.6 Å². The Kier molecular flexibility index (Phi) is 4.81. The Labute approximate surface area is 196 Å². The van der Waals surface area contributed by atoms with Gasteiger partial charge in [0.15, 0.2) is 10.8 Å². The standard InChI is InChI=1S/C21H18ClN7OS2/c1-11-5-6-14-15(7-11)32-19-17(14)18-23-10-24-29(18)20-26-27-21(28(19)20)31-9-16(30)25-13-4-2-3-12(22)8-13/h2-4,8,10-11H,5-7,9H2,1H3,(H,25,30). The molecule has 1 aliphatic carbocycles. The molecule has 32 heavy (non-hydrogen) atoms. The maximum atomic E-state index is 12.5. The number of fused-ring (bicyclic) bond motifs is 8. The maximum Gasteiger partial charge on any atom is 0.260 e. The average molecular weight is 484 g/mol. The quantitative estimate of drug-likeness (QED) is 0.379. The fourth-order valence-electron chi connectivity index (χ4n) is 4.25. The first-order valence-electron chi connectivity index (χ1n) is 10.3. The first-order chi connectivity index (χ1) is 15.6. The van der Waals surface area contributed by atoms with E-state index in [2.05, 4.69) is 32.5 Å². The molecule has 1 amide bonds. The summed E-state index contributed by atoms with van der Waals surface area (Å²) in [5.74, 6) is 1.34. The van der Waals surface area contributed by atoms with Gasteiger partial charge < -0.3 is 5.32 Å². The van der Waals surface area contributed by atoms with Crippen LogP contribution in [0.1, 0.15) is 23.8 Å². The van der Waals surface area contributed by atoms with Crippen molar-refractivity contribution in [3.05, 3.63) is 46.1 Å². The molecular weight excluding hydrogens is 466 g/mol. The van der Waals surface area contributed by atoms with Crippen molar-refractivity contribution in [2.45, 2.75) is 31.3 Å². The van der Waals surface area contributed by atoms with E-state index in [0.29, 0.717) is 27.6 Å². The smallest absolute Gasteiger partial charge is 0.260 e. The molecule has 0 aliphatic heterocycles. The molecular formula is C21H18ClN7OS2. The SMILES string of the molecule is CC1CCc2c(sc3c2c2ncnn2c2nnc(SCC(=O)Nc4cccc(Cl)c4)n32)C1. The molecule has 4 heterocycles. The molecule has 1 unspecified atom stereocenters. The summed E-state index contributed by atoms with van der Waals surface area (Å²) in [5, 5.41) is 18.4. The summed E-state index contributed by atoms with van der Waals surface area (Å²) in [6.07, 6.45) is 4.84. The van der Waals surface area contributed by atoms with Crippen LogP contribution in [0.5, 0.6) is 0 Å². The lowest BCUT2D eigenvalue weighted by atomic mass is 9.89. The van der Waals surface area contributed by atoms with E-state index in [-0.39, 0.29) is 11.7 Å². The molecule has 0 radical (unpaired) electrons. The molecule has 6 rings (SSSR count). The van der Waals surface area contributed by atoms with Gasteiger partial charge in [0.25, 0.3) is 5.78 Å². The van der Waals surface area contributed by atoms with Gasteiger partial charge in [-0.1, -0.05) is 36.4 Å². The Morgan fingerprint density at radius 3 is 3.16 bits per heavy atom.